The predicted molar refractivity (Wildman–Crippen MR) is 48.9 cm³/mol. The van der Waals surface area contributed by atoms with E-state index in [1.165, 1.54) is 0 Å². The van der Waals surface area contributed by atoms with Crippen LogP contribution in [0.1, 0.15) is 30.3 Å². The van der Waals surface area contributed by atoms with E-state index in [1.807, 2.05) is 0 Å². The molecular weight excluding hydrogens is 182 g/mol. The second-order valence-corrected chi connectivity index (χ2v) is 3.28. The normalized spacial score (nSPS) is 19.9. The minimum atomic E-state index is -1.01. The van der Waals surface area contributed by atoms with E-state index < -0.39 is 6.09 Å². The van der Waals surface area contributed by atoms with Gasteiger partial charge < -0.3 is 10.4 Å². The van der Waals surface area contributed by atoms with Gasteiger partial charge in [0.05, 0.1) is 17.4 Å². The average Bonchev–Trinajstić information content (AvgIpc) is 2.18. The van der Waals surface area contributed by atoms with E-state index in [1.54, 1.807) is 12.4 Å². The number of hydrogen-bond donors (Lipinski definition) is 2. The van der Waals surface area contributed by atoms with Crippen molar-refractivity contribution in [2.75, 3.05) is 0 Å². The minimum Gasteiger partial charge on any atom is -0.465 e. The van der Waals surface area contributed by atoms with Crippen molar-refractivity contribution in [3.05, 3.63) is 23.8 Å². The Morgan fingerprint density at radius 3 is 3.07 bits per heavy atom. The molecule has 5 heteroatoms. The molecule has 2 rings (SSSR count). The first-order valence-corrected chi connectivity index (χ1v) is 4.56. The molecule has 0 radical (unpaired) electrons. The van der Waals surface area contributed by atoms with Gasteiger partial charge in [0.1, 0.15) is 0 Å². The number of nitrogens with one attached hydrogen (secondary N) is 1. The number of amides is 1. The van der Waals surface area contributed by atoms with Gasteiger partial charge in [-0.2, -0.15) is 0 Å². The highest BCUT2D eigenvalue weighted by Gasteiger charge is 2.23. The standard InChI is InChI=1S/C9H11N3O2/c13-9(14)12-7-3-1-2-6-8(7)11-5-4-10-6/h4-5,7,12H,1-3H2,(H,13,14)/t7-/m1/s1. The molecular formula is C9H11N3O2. The Balaban J connectivity index is 2.26. The van der Waals surface area contributed by atoms with Gasteiger partial charge in [0.2, 0.25) is 0 Å². The number of aromatic nitrogens is 2. The molecule has 1 amide bonds. The average molecular weight is 193 g/mol. The third-order valence-electron chi connectivity index (χ3n) is 2.34. The molecule has 0 saturated heterocycles. The second kappa shape index (κ2) is 3.61. The van der Waals surface area contributed by atoms with Crippen LogP contribution in [-0.2, 0) is 6.42 Å². The van der Waals surface area contributed by atoms with Crippen molar-refractivity contribution in [2.45, 2.75) is 25.3 Å². The molecule has 1 atom stereocenters. The van der Waals surface area contributed by atoms with E-state index in [-0.39, 0.29) is 6.04 Å². The molecule has 0 fully saturated rings. The van der Waals surface area contributed by atoms with Crippen LogP contribution in [0.4, 0.5) is 4.79 Å². The van der Waals surface area contributed by atoms with E-state index >= 15 is 0 Å². The highest BCUT2D eigenvalue weighted by atomic mass is 16.4. The highest BCUT2D eigenvalue weighted by Crippen LogP contribution is 2.25. The van der Waals surface area contributed by atoms with Gasteiger partial charge >= 0.3 is 6.09 Å². The van der Waals surface area contributed by atoms with Gasteiger partial charge in [-0.15, -0.1) is 0 Å². The minimum absolute atomic E-state index is 0.190. The molecule has 0 spiro atoms. The molecule has 0 aliphatic heterocycles. The summed E-state index contributed by atoms with van der Waals surface area (Å²) >= 11 is 0. The quantitative estimate of drug-likeness (QED) is 0.700. The summed E-state index contributed by atoms with van der Waals surface area (Å²) in [6, 6.07) is -0.190. The van der Waals surface area contributed by atoms with Crippen LogP contribution in [0.3, 0.4) is 0 Å². The fraction of sp³-hybridized carbons (Fsp3) is 0.444. The fourth-order valence-electron chi connectivity index (χ4n) is 1.76. The Labute approximate surface area is 81.2 Å². The molecule has 74 valence electrons. The lowest BCUT2D eigenvalue weighted by molar-refractivity contribution is 0.188. The molecule has 0 aromatic carbocycles. The van der Waals surface area contributed by atoms with Crippen LogP contribution in [0.15, 0.2) is 12.4 Å². The summed E-state index contributed by atoms with van der Waals surface area (Å²) in [6.07, 6.45) is 4.88. The number of hydrogen-bond acceptors (Lipinski definition) is 3. The van der Waals surface area contributed by atoms with Gasteiger partial charge in [-0.3, -0.25) is 9.97 Å². The first kappa shape index (κ1) is 8.93. The van der Waals surface area contributed by atoms with Crippen molar-refractivity contribution in [1.82, 2.24) is 15.3 Å². The maximum atomic E-state index is 10.5. The summed E-state index contributed by atoms with van der Waals surface area (Å²) in [5.41, 5.74) is 1.69. The number of fused-ring (bicyclic) bond motifs is 1. The number of carbonyl (C=O) groups is 1. The molecule has 0 unspecified atom stereocenters. The van der Waals surface area contributed by atoms with Crippen LogP contribution in [0.25, 0.3) is 0 Å². The molecule has 0 bridgehead atoms. The summed E-state index contributed by atoms with van der Waals surface area (Å²) < 4.78 is 0. The van der Waals surface area contributed by atoms with E-state index in [0.717, 1.165) is 30.7 Å². The lowest BCUT2D eigenvalue weighted by atomic mass is 9.96. The van der Waals surface area contributed by atoms with Gasteiger partial charge in [0, 0.05) is 12.4 Å². The second-order valence-electron chi connectivity index (χ2n) is 3.28. The zero-order chi connectivity index (χ0) is 9.97. The van der Waals surface area contributed by atoms with Crippen LogP contribution < -0.4 is 5.32 Å². The monoisotopic (exact) mass is 193 g/mol. The third-order valence-corrected chi connectivity index (χ3v) is 2.34. The maximum absolute atomic E-state index is 10.5. The molecule has 1 aliphatic carbocycles. The molecule has 1 aromatic rings. The predicted octanol–water partition coefficient (Wildman–Crippen LogP) is 1.12. The molecule has 1 aliphatic rings. The molecule has 1 heterocycles. The summed E-state index contributed by atoms with van der Waals surface area (Å²) in [7, 11) is 0. The van der Waals surface area contributed by atoms with Crippen molar-refractivity contribution in [3.8, 4) is 0 Å². The molecule has 1 aromatic heterocycles. The summed E-state index contributed by atoms with van der Waals surface area (Å²) in [4.78, 5) is 18.9. The van der Waals surface area contributed by atoms with Crippen molar-refractivity contribution < 1.29 is 9.90 Å². The van der Waals surface area contributed by atoms with Crippen LogP contribution in [-0.4, -0.2) is 21.2 Å². The lowest BCUT2D eigenvalue weighted by Gasteiger charge is -2.22. The number of carboxylic acid groups (broad SMARTS) is 1. The van der Waals surface area contributed by atoms with Crippen LogP contribution in [0.5, 0.6) is 0 Å². The number of rotatable bonds is 1. The molecule has 14 heavy (non-hydrogen) atoms. The summed E-state index contributed by atoms with van der Waals surface area (Å²) in [6.45, 7) is 0. The van der Waals surface area contributed by atoms with Gasteiger partial charge in [-0.1, -0.05) is 0 Å². The van der Waals surface area contributed by atoms with E-state index in [0.29, 0.717) is 0 Å². The van der Waals surface area contributed by atoms with Crippen LogP contribution in [0, 0.1) is 0 Å². The van der Waals surface area contributed by atoms with Gasteiger partial charge in [0.25, 0.3) is 0 Å². The van der Waals surface area contributed by atoms with Gasteiger partial charge in [-0.05, 0) is 19.3 Å². The van der Waals surface area contributed by atoms with Gasteiger partial charge in [0.15, 0.2) is 0 Å². The Hall–Kier alpha value is -1.65. The van der Waals surface area contributed by atoms with Crippen molar-refractivity contribution in [2.24, 2.45) is 0 Å². The highest BCUT2D eigenvalue weighted by molar-refractivity contribution is 5.65. The fourth-order valence-corrected chi connectivity index (χ4v) is 1.76. The Bertz CT molecular complexity index is 354. The summed E-state index contributed by atoms with van der Waals surface area (Å²) in [5.74, 6) is 0. The Kier molecular flexibility index (Phi) is 2.30. The number of nitrogens with zero attached hydrogens (tertiary/aromatic N) is 2. The van der Waals surface area contributed by atoms with E-state index in [9.17, 15) is 4.79 Å². The first-order valence-electron chi connectivity index (χ1n) is 4.56. The van der Waals surface area contributed by atoms with Gasteiger partial charge in [-0.25, -0.2) is 4.79 Å². The Morgan fingerprint density at radius 1 is 1.50 bits per heavy atom. The van der Waals surface area contributed by atoms with Crippen molar-refractivity contribution in [3.63, 3.8) is 0 Å². The molecule has 5 nitrogen and oxygen atoms in total. The maximum Gasteiger partial charge on any atom is 0.405 e. The zero-order valence-corrected chi connectivity index (χ0v) is 7.60. The first-order chi connectivity index (χ1) is 6.77. The lowest BCUT2D eigenvalue weighted by Crippen LogP contribution is -2.30. The summed E-state index contributed by atoms with van der Waals surface area (Å²) in [5, 5.41) is 11.1. The largest absolute Gasteiger partial charge is 0.465 e. The topological polar surface area (TPSA) is 75.1 Å². The third kappa shape index (κ3) is 1.66. The van der Waals surface area contributed by atoms with Crippen LogP contribution >= 0.6 is 0 Å². The Morgan fingerprint density at radius 2 is 2.29 bits per heavy atom. The van der Waals surface area contributed by atoms with Crippen LogP contribution in [0.2, 0.25) is 0 Å². The van der Waals surface area contributed by atoms with E-state index in [4.69, 9.17) is 5.11 Å². The smallest absolute Gasteiger partial charge is 0.405 e. The van der Waals surface area contributed by atoms with E-state index in [2.05, 4.69) is 15.3 Å². The van der Waals surface area contributed by atoms with Crippen molar-refractivity contribution >= 4 is 6.09 Å². The number of aryl methyl sites for hydroxylation is 1. The molecule has 2 N–H and O–H groups in total. The molecule has 0 saturated carbocycles. The van der Waals surface area contributed by atoms with Crippen molar-refractivity contribution in [1.29, 1.82) is 0 Å². The SMILES string of the molecule is O=C(O)N[C@@H]1CCCc2nccnc21. The zero-order valence-electron chi connectivity index (χ0n) is 7.60.